The summed E-state index contributed by atoms with van der Waals surface area (Å²) in [5.41, 5.74) is 3.32. The summed E-state index contributed by atoms with van der Waals surface area (Å²) < 4.78 is 5.29. The van der Waals surface area contributed by atoms with Crippen LogP contribution in [0.2, 0.25) is 0 Å². The summed E-state index contributed by atoms with van der Waals surface area (Å²) >= 11 is 0. The molecule has 1 saturated heterocycles. The zero-order valence-corrected chi connectivity index (χ0v) is 11.8. The highest BCUT2D eigenvalue weighted by Gasteiger charge is 2.16. The van der Waals surface area contributed by atoms with Crippen LogP contribution in [0.15, 0.2) is 42.5 Å². The molecule has 1 aromatic heterocycles. The van der Waals surface area contributed by atoms with Crippen LogP contribution in [-0.4, -0.2) is 25.2 Å². The van der Waals surface area contributed by atoms with Crippen molar-refractivity contribution in [2.75, 3.05) is 20.2 Å². The van der Waals surface area contributed by atoms with E-state index in [9.17, 15) is 0 Å². The molecule has 3 heteroatoms. The van der Waals surface area contributed by atoms with Crippen molar-refractivity contribution in [1.29, 1.82) is 0 Å². The predicted molar refractivity (Wildman–Crippen MR) is 81.1 cm³/mol. The van der Waals surface area contributed by atoms with E-state index in [0.717, 1.165) is 30.1 Å². The molecule has 104 valence electrons. The molecule has 2 heterocycles. The highest BCUT2D eigenvalue weighted by Crippen LogP contribution is 2.26. The smallest absolute Gasteiger partial charge is 0.119 e. The Bertz CT molecular complexity index is 577. The molecule has 0 saturated carbocycles. The number of aromatic nitrogens is 1. The van der Waals surface area contributed by atoms with Gasteiger partial charge >= 0.3 is 0 Å². The minimum Gasteiger partial charge on any atom is -0.497 e. The average Bonchev–Trinajstić information content (AvgIpc) is 2.56. The van der Waals surface area contributed by atoms with Gasteiger partial charge in [-0.25, -0.2) is 0 Å². The van der Waals surface area contributed by atoms with Crippen molar-refractivity contribution < 1.29 is 4.74 Å². The highest BCUT2D eigenvalue weighted by molar-refractivity contribution is 5.61. The van der Waals surface area contributed by atoms with Crippen LogP contribution in [-0.2, 0) is 0 Å². The molecular formula is C17H20N2O. The Morgan fingerprint density at radius 2 is 2.10 bits per heavy atom. The normalized spacial score (nSPS) is 18.8. The van der Waals surface area contributed by atoms with Gasteiger partial charge in [0.1, 0.15) is 5.75 Å². The summed E-state index contributed by atoms with van der Waals surface area (Å²) in [6.45, 7) is 2.17. The van der Waals surface area contributed by atoms with E-state index in [-0.39, 0.29) is 0 Å². The van der Waals surface area contributed by atoms with Gasteiger partial charge in [-0.3, -0.25) is 4.98 Å². The Labute approximate surface area is 120 Å². The number of ether oxygens (including phenoxy) is 1. The van der Waals surface area contributed by atoms with Gasteiger partial charge in [-0.15, -0.1) is 0 Å². The maximum Gasteiger partial charge on any atom is 0.119 e. The maximum atomic E-state index is 5.29. The van der Waals surface area contributed by atoms with E-state index in [1.807, 2.05) is 18.2 Å². The van der Waals surface area contributed by atoms with E-state index < -0.39 is 0 Å². The van der Waals surface area contributed by atoms with Crippen molar-refractivity contribution in [3.63, 3.8) is 0 Å². The second-order valence-electron chi connectivity index (χ2n) is 5.22. The Morgan fingerprint density at radius 3 is 2.90 bits per heavy atom. The van der Waals surface area contributed by atoms with Crippen LogP contribution >= 0.6 is 0 Å². The highest BCUT2D eigenvalue weighted by atomic mass is 16.5. The van der Waals surface area contributed by atoms with Gasteiger partial charge in [0, 0.05) is 23.7 Å². The second kappa shape index (κ2) is 6.06. The van der Waals surface area contributed by atoms with Crippen LogP contribution in [0.4, 0.5) is 0 Å². The lowest BCUT2D eigenvalue weighted by Gasteiger charge is -2.22. The summed E-state index contributed by atoms with van der Waals surface area (Å²) in [6, 6.07) is 14.4. The van der Waals surface area contributed by atoms with Gasteiger partial charge in [-0.05, 0) is 43.7 Å². The van der Waals surface area contributed by atoms with Gasteiger partial charge in [0.05, 0.1) is 12.8 Å². The summed E-state index contributed by atoms with van der Waals surface area (Å²) in [6.07, 6.45) is 2.46. The van der Waals surface area contributed by atoms with E-state index in [0.29, 0.717) is 5.92 Å². The van der Waals surface area contributed by atoms with E-state index >= 15 is 0 Å². The molecule has 0 radical (unpaired) electrons. The third-order valence-electron chi connectivity index (χ3n) is 3.85. The summed E-state index contributed by atoms with van der Waals surface area (Å²) in [7, 11) is 1.69. The monoisotopic (exact) mass is 268 g/mol. The third-order valence-corrected chi connectivity index (χ3v) is 3.85. The molecule has 20 heavy (non-hydrogen) atoms. The van der Waals surface area contributed by atoms with Crippen LogP contribution in [0, 0.1) is 0 Å². The number of hydrogen-bond acceptors (Lipinski definition) is 3. The molecule has 3 nitrogen and oxygen atoms in total. The average molecular weight is 268 g/mol. The van der Waals surface area contributed by atoms with Crippen LogP contribution in [0.25, 0.3) is 11.3 Å². The first kappa shape index (κ1) is 13.1. The lowest BCUT2D eigenvalue weighted by molar-refractivity contribution is 0.415. The fraction of sp³-hybridized carbons (Fsp3) is 0.353. The standard InChI is InChI=1S/C17H20N2O/c1-20-15-7-2-5-13(11-15)16-8-3-9-17(19-16)14-6-4-10-18-12-14/h2-3,5,7-9,11,14,18H,4,6,10,12H2,1H3. The van der Waals surface area contributed by atoms with Crippen molar-refractivity contribution in [3.8, 4) is 17.0 Å². The Morgan fingerprint density at radius 1 is 1.20 bits per heavy atom. The van der Waals surface area contributed by atoms with Crippen LogP contribution in [0.1, 0.15) is 24.5 Å². The van der Waals surface area contributed by atoms with E-state index in [2.05, 4.69) is 29.6 Å². The number of rotatable bonds is 3. The molecule has 0 spiro atoms. The van der Waals surface area contributed by atoms with Gasteiger partial charge in [-0.1, -0.05) is 18.2 Å². The molecule has 0 aliphatic carbocycles. The Hall–Kier alpha value is -1.87. The quantitative estimate of drug-likeness (QED) is 0.928. The van der Waals surface area contributed by atoms with Crippen molar-refractivity contribution in [2.45, 2.75) is 18.8 Å². The Balaban J connectivity index is 1.89. The number of nitrogens with zero attached hydrogens (tertiary/aromatic N) is 1. The van der Waals surface area contributed by atoms with Gasteiger partial charge in [0.2, 0.25) is 0 Å². The number of nitrogens with one attached hydrogen (secondary N) is 1. The van der Waals surface area contributed by atoms with Crippen molar-refractivity contribution in [2.24, 2.45) is 0 Å². The molecule has 1 fully saturated rings. The maximum absolute atomic E-state index is 5.29. The zero-order chi connectivity index (χ0) is 13.8. The van der Waals surface area contributed by atoms with E-state index in [1.54, 1.807) is 7.11 Å². The van der Waals surface area contributed by atoms with Crippen molar-refractivity contribution in [1.82, 2.24) is 10.3 Å². The Kier molecular flexibility index (Phi) is 3.97. The van der Waals surface area contributed by atoms with Gasteiger partial charge in [-0.2, -0.15) is 0 Å². The first-order valence-corrected chi connectivity index (χ1v) is 7.19. The first-order chi connectivity index (χ1) is 9.86. The minimum absolute atomic E-state index is 0.536. The molecule has 1 atom stereocenters. The molecular weight excluding hydrogens is 248 g/mol. The molecule has 1 aliphatic heterocycles. The molecule has 1 N–H and O–H groups in total. The molecule has 3 rings (SSSR count). The van der Waals surface area contributed by atoms with Crippen molar-refractivity contribution >= 4 is 0 Å². The molecule has 2 aromatic rings. The van der Waals surface area contributed by atoms with Crippen LogP contribution in [0.3, 0.4) is 0 Å². The van der Waals surface area contributed by atoms with E-state index in [4.69, 9.17) is 9.72 Å². The summed E-state index contributed by atoms with van der Waals surface area (Å²) in [5, 5.41) is 3.45. The third kappa shape index (κ3) is 2.83. The zero-order valence-electron chi connectivity index (χ0n) is 11.8. The SMILES string of the molecule is COc1cccc(-c2cccc(C3CCCNC3)n2)c1. The van der Waals surface area contributed by atoms with E-state index in [1.165, 1.54) is 18.5 Å². The number of benzene rings is 1. The minimum atomic E-state index is 0.536. The van der Waals surface area contributed by atoms with Gasteiger partial charge in [0.15, 0.2) is 0 Å². The molecule has 0 amide bonds. The van der Waals surface area contributed by atoms with Gasteiger partial charge in [0.25, 0.3) is 0 Å². The van der Waals surface area contributed by atoms with Gasteiger partial charge < -0.3 is 10.1 Å². The van der Waals surface area contributed by atoms with Crippen molar-refractivity contribution in [3.05, 3.63) is 48.2 Å². The number of hydrogen-bond donors (Lipinski definition) is 1. The lowest BCUT2D eigenvalue weighted by Crippen LogP contribution is -2.28. The number of methoxy groups -OCH3 is 1. The fourth-order valence-corrected chi connectivity index (χ4v) is 2.73. The number of pyridine rings is 1. The largest absolute Gasteiger partial charge is 0.497 e. The summed E-state index contributed by atoms with van der Waals surface area (Å²) in [4.78, 5) is 4.85. The lowest BCUT2D eigenvalue weighted by atomic mass is 9.95. The first-order valence-electron chi connectivity index (χ1n) is 7.19. The second-order valence-corrected chi connectivity index (χ2v) is 5.22. The molecule has 0 bridgehead atoms. The molecule has 1 unspecified atom stereocenters. The van der Waals surface area contributed by atoms with Crippen LogP contribution < -0.4 is 10.1 Å². The molecule has 1 aliphatic rings. The molecule has 1 aromatic carbocycles. The topological polar surface area (TPSA) is 34.1 Å². The fourth-order valence-electron chi connectivity index (χ4n) is 2.73. The van der Waals surface area contributed by atoms with Crippen LogP contribution in [0.5, 0.6) is 5.75 Å². The summed E-state index contributed by atoms with van der Waals surface area (Å²) in [5.74, 6) is 1.41. The predicted octanol–water partition coefficient (Wildman–Crippen LogP) is 3.22. The number of piperidine rings is 1.